The number of hydrogen-bond donors (Lipinski definition) is 1. The second-order valence-electron chi connectivity index (χ2n) is 5.92. The SMILES string of the molecule is COc1ccc([C@H](CC(=O)NCc2ccncn2)c2ccccc2)cc1. The molecule has 0 fully saturated rings. The highest BCUT2D eigenvalue weighted by Gasteiger charge is 2.18. The van der Waals surface area contributed by atoms with E-state index in [4.69, 9.17) is 4.74 Å². The standard InChI is InChI=1S/C21H21N3O2/c1-26-19-9-7-17(8-10-19)20(16-5-3-2-4-6-16)13-21(25)23-14-18-11-12-22-15-24-18/h2-12,15,20H,13-14H2,1H3,(H,23,25)/t20-/m1/s1. The van der Waals surface area contributed by atoms with E-state index in [0.717, 1.165) is 22.6 Å². The summed E-state index contributed by atoms with van der Waals surface area (Å²) in [4.78, 5) is 20.5. The molecular weight excluding hydrogens is 326 g/mol. The van der Waals surface area contributed by atoms with Crippen LogP contribution in [0.1, 0.15) is 29.2 Å². The lowest BCUT2D eigenvalue weighted by Gasteiger charge is -2.18. The molecule has 26 heavy (non-hydrogen) atoms. The number of carbonyl (C=O) groups is 1. The van der Waals surface area contributed by atoms with Crippen LogP contribution < -0.4 is 10.1 Å². The molecule has 0 saturated carbocycles. The smallest absolute Gasteiger partial charge is 0.221 e. The van der Waals surface area contributed by atoms with Crippen LogP contribution in [-0.2, 0) is 11.3 Å². The predicted molar refractivity (Wildman–Crippen MR) is 99.8 cm³/mol. The lowest BCUT2D eigenvalue weighted by atomic mass is 9.88. The molecule has 0 radical (unpaired) electrons. The van der Waals surface area contributed by atoms with E-state index < -0.39 is 0 Å². The van der Waals surface area contributed by atoms with Gasteiger partial charge in [-0.15, -0.1) is 0 Å². The van der Waals surface area contributed by atoms with Crippen LogP contribution >= 0.6 is 0 Å². The van der Waals surface area contributed by atoms with Gasteiger partial charge in [0, 0.05) is 18.5 Å². The van der Waals surface area contributed by atoms with Gasteiger partial charge < -0.3 is 10.1 Å². The molecule has 1 aromatic heterocycles. The van der Waals surface area contributed by atoms with E-state index in [1.54, 1.807) is 19.4 Å². The minimum Gasteiger partial charge on any atom is -0.497 e. The zero-order valence-corrected chi connectivity index (χ0v) is 14.6. The van der Waals surface area contributed by atoms with E-state index in [-0.39, 0.29) is 11.8 Å². The Morgan fingerprint density at radius 3 is 2.42 bits per heavy atom. The zero-order valence-electron chi connectivity index (χ0n) is 14.6. The van der Waals surface area contributed by atoms with Crippen LogP contribution in [-0.4, -0.2) is 23.0 Å². The summed E-state index contributed by atoms with van der Waals surface area (Å²) in [7, 11) is 1.64. The fourth-order valence-electron chi connectivity index (χ4n) is 2.82. The third-order valence-corrected chi connectivity index (χ3v) is 4.22. The molecule has 0 aliphatic rings. The van der Waals surface area contributed by atoms with Crippen LogP contribution in [0.2, 0.25) is 0 Å². The first-order valence-corrected chi connectivity index (χ1v) is 8.47. The van der Waals surface area contributed by atoms with Crippen molar-refractivity contribution in [2.24, 2.45) is 0 Å². The summed E-state index contributed by atoms with van der Waals surface area (Å²) in [5, 5.41) is 2.94. The molecule has 1 heterocycles. The van der Waals surface area contributed by atoms with Gasteiger partial charge in [0.05, 0.1) is 19.3 Å². The van der Waals surface area contributed by atoms with E-state index in [2.05, 4.69) is 15.3 Å². The zero-order chi connectivity index (χ0) is 18.2. The largest absolute Gasteiger partial charge is 0.497 e. The van der Waals surface area contributed by atoms with Gasteiger partial charge >= 0.3 is 0 Å². The average molecular weight is 347 g/mol. The van der Waals surface area contributed by atoms with Crippen molar-refractivity contribution in [2.45, 2.75) is 18.9 Å². The normalized spacial score (nSPS) is 11.6. The van der Waals surface area contributed by atoms with Crippen molar-refractivity contribution in [3.63, 3.8) is 0 Å². The maximum Gasteiger partial charge on any atom is 0.221 e. The summed E-state index contributed by atoms with van der Waals surface area (Å²) >= 11 is 0. The average Bonchev–Trinajstić information content (AvgIpc) is 2.72. The first-order valence-electron chi connectivity index (χ1n) is 8.47. The number of nitrogens with zero attached hydrogens (tertiary/aromatic N) is 2. The van der Waals surface area contributed by atoms with Gasteiger partial charge in [-0.25, -0.2) is 9.97 Å². The van der Waals surface area contributed by atoms with Crippen molar-refractivity contribution in [1.82, 2.24) is 15.3 Å². The van der Waals surface area contributed by atoms with Gasteiger partial charge in [-0.2, -0.15) is 0 Å². The molecule has 5 nitrogen and oxygen atoms in total. The number of benzene rings is 2. The lowest BCUT2D eigenvalue weighted by Crippen LogP contribution is -2.25. The molecule has 1 amide bonds. The Hall–Kier alpha value is -3.21. The van der Waals surface area contributed by atoms with Crippen molar-refractivity contribution in [1.29, 1.82) is 0 Å². The summed E-state index contributed by atoms with van der Waals surface area (Å²) in [5.74, 6) is 0.759. The third kappa shape index (κ3) is 4.66. The molecule has 0 bridgehead atoms. The van der Waals surface area contributed by atoms with Crippen LogP contribution in [0.4, 0.5) is 0 Å². The Morgan fingerprint density at radius 2 is 1.77 bits per heavy atom. The van der Waals surface area contributed by atoms with Gasteiger partial charge in [-0.1, -0.05) is 42.5 Å². The Kier molecular flexibility index (Phi) is 5.93. The molecule has 5 heteroatoms. The number of carbonyl (C=O) groups excluding carboxylic acids is 1. The Morgan fingerprint density at radius 1 is 1.04 bits per heavy atom. The van der Waals surface area contributed by atoms with Gasteiger partial charge in [0.15, 0.2) is 0 Å². The van der Waals surface area contributed by atoms with Crippen LogP contribution in [0, 0.1) is 0 Å². The van der Waals surface area contributed by atoms with Gasteiger partial charge in [-0.3, -0.25) is 4.79 Å². The second-order valence-corrected chi connectivity index (χ2v) is 5.92. The quantitative estimate of drug-likeness (QED) is 0.712. The molecule has 1 N–H and O–H groups in total. The monoisotopic (exact) mass is 347 g/mol. The number of rotatable bonds is 7. The number of methoxy groups -OCH3 is 1. The minimum atomic E-state index is -0.0208. The van der Waals surface area contributed by atoms with Crippen molar-refractivity contribution in [3.05, 3.63) is 90.0 Å². The van der Waals surface area contributed by atoms with E-state index in [0.29, 0.717) is 13.0 Å². The van der Waals surface area contributed by atoms with E-state index in [1.165, 1.54) is 6.33 Å². The summed E-state index contributed by atoms with van der Waals surface area (Å²) in [6.07, 6.45) is 3.51. The second kappa shape index (κ2) is 8.76. The first-order chi connectivity index (χ1) is 12.8. The van der Waals surface area contributed by atoms with E-state index >= 15 is 0 Å². The maximum atomic E-state index is 12.5. The molecule has 0 spiro atoms. The lowest BCUT2D eigenvalue weighted by molar-refractivity contribution is -0.121. The molecule has 3 rings (SSSR count). The van der Waals surface area contributed by atoms with Crippen molar-refractivity contribution in [3.8, 4) is 5.75 Å². The molecule has 3 aromatic rings. The third-order valence-electron chi connectivity index (χ3n) is 4.22. The fourth-order valence-corrected chi connectivity index (χ4v) is 2.82. The van der Waals surface area contributed by atoms with Gasteiger partial charge in [0.25, 0.3) is 0 Å². The highest BCUT2D eigenvalue weighted by molar-refractivity contribution is 5.77. The van der Waals surface area contributed by atoms with Crippen molar-refractivity contribution in [2.75, 3.05) is 7.11 Å². The summed E-state index contributed by atoms with van der Waals surface area (Å²) in [5.41, 5.74) is 2.97. The number of amides is 1. The van der Waals surface area contributed by atoms with Gasteiger partial charge in [0.2, 0.25) is 5.91 Å². The molecular formula is C21H21N3O2. The molecule has 132 valence electrons. The summed E-state index contributed by atoms with van der Waals surface area (Å²) in [6, 6.07) is 19.7. The highest BCUT2D eigenvalue weighted by Crippen LogP contribution is 2.29. The number of hydrogen-bond acceptors (Lipinski definition) is 4. The number of nitrogens with one attached hydrogen (secondary N) is 1. The Bertz CT molecular complexity index is 821. The van der Waals surface area contributed by atoms with Crippen LogP contribution in [0.15, 0.2) is 73.2 Å². The molecule has 1 atom stereocenters. The molecule has 0 saturated heterocycles. The van der Waals surface area contributed by atoms with Crippen LogP contribution in [0.25, 0.3) is 0 Å². The Balaban J connectivity index is 1.74. The van der Waals surface area contributed by atoms with Gasteiger partial charge in [0.1, 0.15) is 12.1 Å². The van der Waals surface area contributed by atoms with Crippen LogP contribution in [0.3, 0.4) is 0 Å². The summed E-state index contributed by atoms with van der Waals surface area (Å²) in [6.45, 7) is 0.394. The highest BCUT2D eigenvalue weighted by atomic mass is 16.5. The van der Waals surface area contributed by atoms with Crippen LogP contribution in [0.5, 0.6) is 5.75 Å². The van der Waals surface area contributed by atoms with E-state index in [1.807, 2.05) is 54.6 Å². The fraction of sp³-hybridized carbons (Fsp3) is 0.190. The number of ether oxygens (including phenoxy) is 1. The van der Waals surface area contributed by atoms with Crippen molar-refractivity contribution < 1.29 is 9.53 Å². The number of aromatic nitrogens is 2. The maximum absolute atomic E-state index is 12.5. The van der Waals surface area contributed by atoms with Gasteiger partial charge in [-0.05, 0) is 29.3 Å². The predicted octanol–water partition coefficient (Wildman–Crippen LogP) is 3.32. The molecule has 2 aromatic carbocycles. The topological polar surface area (TPSA) is 64.1 Å². The minimum absolute atomic E-state index is 0.0201. The molecule has 0 aliphatic carbocycles. The van der Waals surface area contributed by atoms with Crippen molar-refractivity contribution >= 4 is 5.91 Å². The first kappa shape index (κ1) is 17.6. The summed E-state index contributed by atoms with van der Waals surface area (Å²) < 4.78 is 5.23. The van der Waals surface area contributed by atoms with E-state index in [9.17, 15) is 4.79 Å². The Labute approximate surface area is 153 Å². The molecule has 0 unspecified atom stereocenters. The molecule has 0 aliphatic heterocycles.